The predicted molar refractivity (Wildman–Crippen MR) is 207 cm³/mol. The highest BCUT2D eigenvalue weighted by Gasteiger charge is 2.41. The maximum atomic E-state index is 14.9. The van der Waals surface area contributed by atoms with Gasteiger partial charge >= 0.3 is 0 Å². The van der Waals surface area contributed by atoms with Gasteiger partial charge in [-0.1, -0.05) is 30.3 Å². The molecule has 3 aliphatic rings. The van der Waals surface area contributed by atoms with Crippen LogP contribution in [0.5, 0.6) is 5.75 Å². The third kappa shape index (κ3) is 6.63. The van der Waals surface area contributed by atoms with Gasteiger partial charge < -0.3 is 19.5 Å². The van der Waals surface area contributed by atoms with Gasteiger partial charge in [0, 0.05) is 83.7 Å². The van der Waals surface area contributed by atoms with Gasteiger partial charge in [-0.3, -0.25) is 9.74 Å². The summed E-state index contributed by atoms with van der Waals surface area (Å²) < 4.78 is 51.0. The average molecular weight is 740 g/mol. The maximum absolute atomic E-state index is 14.9. The summed E-state index contributed by atoms with van der Waals surface area (Å²) in [6.45, 7) is 7.72. The molecule has 12 heteroatoms. The van der Waals surface area contributed by atoms with Crippen molar-refractivity contribution < 1.29 is 22.7 Å². The second-order valence-corrected chi connectivity index (χ2v) is 15.7. The summed E-state index contributed by atoms with van der Waals surface area (Å²) in [5.74, 6) is -0.210. The molecule has 54 heavy (non-hydrogen) atoms. The van der Waals surface area contributed by atoms with Crippen molar-refractivity contribution in [2.24, 2.45) is 12.5 Å². The van der Waals surface area contributed by atoms with Crippen LogP contribution < -0.4 is 20.0 Å². The van der Waals surface area contributed by atoms with Crippen molar-refractivity contribution in [2.75, 3.05) is 61.9 Å². The first-order valence-corrected chi connectivity index (χ1v) is 18.9. The van der Waals surface area contributed by atoms with E-state index in [0.29, 0.717) is 30.4 Å². The van der Waals surface area contributed by atoms with Crippen LogP contribution in [-0.4, -0.2) is 71.5 Å². The molecule has 2 aromatic heterocycles. The fourth-order valence-electron chi connectivity index (χ4n) is 8.69. The van der Waals surface area contributed by atoms with Gasteiger partial charge in [-0.05, 0) is 76.2 Å². The van der Waals surface area contributed by atoms with E-state index in [4.69, 9.17) is 9.57 Å². The van der Waals surface area contributed by atoms with Crippen molar-refractivity contribution in [2.45, 2.75) is 57.5 Å². The number of alkyl halides is 1. The van der Waals surface area contributed by atoms with Crippen LogP contribution in [-0.2, 0) is 11.9 Å². The second-order valence-electron chi connectivity index (χ2n) is 15.7. The van der Waals surface area contributed by atoms with Crippen LogP contribution in [0.4, 0.5) is 36.2 Å². The van der Waals surface area contributed by atoms with Crippen molar-refractivity contribution >= 4 is 33.9 Å². The largest absolute Gasteiger partial charge is 0.494 e. The highest BCUT2D eigenvalue weighted by molar-refractivity contribution is 6.01. The van der Waals surface area contributed by atoms with Crippen molar-refractivity contribution in [3.8, 4) is 16.9 Å². The molecule has 3 fully saturated rings. The number of aromatic nitrogens is 3. The number of fused-ring (bicyclic) bond motifs is 1. The number of rotatable bonds is 9. The van der Waals surface area contributed by atoms with Crippen LogP contribution in [0.25, 0.3) is 22.0 Å². The van der Waals surface area contributed by atoms with E-state index in [-0.39, 0.29) is 17.7 Å². The van der Waals surface area contributed by atoms with Crippen LogP contribution in [0.2, 0.25) is 0 Å². The quantitative estimate of drug-likeness (QED) is 0.161. The fourth-order valence-corrected chi connectivity index (χ4v) is 8.69. The van der Waals surface area contributed by atoms with Gasteiger partial charge in [0.2, 0.25) is 0 Å². The lowest BCUT2D eigenvalue weighted by molar-refractivity contribution is 0.0112. The molecule has 3 aliphatic heterocycles. The van der Waals surface area contributed by atoms with E-state index in [0.717, 1.165) is 91.3 Å². The minimum absolute atomic E-state index is 0.215. The summed E-state index contributed by atoms with van der Waals surface area (Å²) in [5, 5.41) is 6.16. The highest BCUT2D eigenvalue weighted by atomic mass is 19.2. The molecular formula is C42H48F3N7O2. The summed E-state index contributed by atoms with van der Waals surface area (Å²) in [4.78, 5) is 19.7. The fraction of sp³-hybridized carbons (Fsp3) is 0.429. The number of anilines is 4. The molecule has 5 heterocycles. The SMILES string of the molecule is COc1cc(N2CCC3(CC2)CCN(C(C)(C)CF)CC3)c(-c2cn(C)c3ccccc23)cc1Nc1cc(N2OCC[C@@H]2c2cccc(F)c2F)ncn1. The van der Waals surface area contributed by atoms with Crippen LogP contribution in [0.3, 0.4) is 0 Å². The topological polar surface area (TPSA) is 70.9 Å². The number of ether oxygens (including phenoxy) is 1. The van der Waals surface area contributed by atoms with Crippen molar-refractivity contribution in [3.05, 3.63) is 90.4 Å². The number of piperidine rings is 2. The summed E-state index contributed by atoms with van der Waals surface area (Å²) >= 11 is 0. The zero-order valence-corrected chi connectivity index (χ0v) is 31.4. The summed E-state index contributed by atoms with van der Waals surface area (Å²) in [6.07, 6.45) is 8.43. The van der Waals surface area contributed by atoms with Crippen LogP contribution >= 0.6 is 0 Å². The molecule has 1 N–H and O–H groups in total. The lowest BCUT2D eigenvalue weighted by Crippen LogP contribution is -2.53. The molecule has 8 rings (SSSR count). The van der Waals surface area contributed by atoms with E-state index in [9.17, 15) is 13.2 Å². The van der Waals surface area contributed by atoms with Crippen molar-refractivity contribution in [1.82, 2.24) is 19.4 Å². The van der Waals surface area contributed by atoms with Gasteiger partial charge in [0.1, 0.15) is 24.6 Å². The second kappa shape index (κ2) is 14.4. The molecule has 1 atom stereocenters. The number of para-hydroxylation sites is 1. The number of halogens is 3. The number of hydrogen-bond acceptors (Lipinski definition) is 8. The molecule has 1 spiro atoms. The Bertz CT molecular complexity index is 2140. The molecule has 9 nitrogen and oxygen atoms in total. The lowest BCUT2D eigenvalue weighted by Gasteiger charge is -2.50. The predicted octanol–water partition coefficient (Wildman–Crippen LogP) is 8.98. The molecule has 284 valence electrons. The molecule has 0 saturated carbocycles. The van der Waals surface area contributed by atoms with E-state index < -0.39 is 23.2 Å². The Balaban J connectivity index is 1.11. The normalized spacial score (nSPS) is 19.2. The summed E-state index contributed by atoms with van der Waals surface area (Å²) in [5.41, 5.74) is 5.23. The number of nitrogens with zero attached hydrogens (tertiary/aromatic N) is 6. The van der Waals surface area contributed by atoms with E-state index in [2.05, 4.69) is 79.3 Å². The van der Waals surface area contributed by atoms with Crippen molar-refractivity contribution in [3.63, 3.8) is 0 Å². The molecule has 0 bridgehead atoms. The van der Waals surface area contributed by atoms with E-state index in [1.807, 2.05) is 13.8 Å². The Morgan fingerprint density at radius 1 is 0.944 bits per heavy atom. The molecular weight excluding hydrogens is 692 g/mol. The molecule has 3 saturated heterocycles. The smallest absolute Gasteiger partial charge is 0.164 e. The average Bonchev–Trinajstić information content (AvgIpc) is 3.81. The van der Waals surface area contributed by atoms with Gasteiger partial charge in [0.05, 0.1) is 25.4 Å². The summed E-state index contributed by atoms with van der Waals surface area (Å²) in [6, 6.07) is 18.1. The van der Waals surface area contributed by atoms with Crippen molar-refractivity contribution in [1.29, 1.82) is 0 Å². The van der Waals surface area contributed by atoms with Gasteiger partial charge in [0.15, 0.2) is 17.5 Å². The first-order valence-electron chi connectivity index (χ1n) is 18.9. The lowest BCUT2D eigenvalue weighted by atomic mass is 9.70. The van der Waals surface area contributed by atoms with E-state index in [1.54, 1.807) is 19.2 Å². The highest BCUT2D eigenvalue weighted by Crippen LogP contribution is 2.48. The van der Waals surface area contributed by atoms with Gasteiger partial charge in [0.25, 0.3) is 0 Å². The number of methoxy groups -OCH3 is 1. The Kier molecular flexibility index (Phi) is 9.68. The zero-order valence-electron chi connectivity index (χ0n) is 31.4. The minimum Gasteiger partial charge on any atom is -0.494 e. The number of hydrogen-bond donors (Lipinski definition) is 1. The third-order valence-electron chi connectivity index (χ3n) is 12.1. The monoisotopic (exact) mass is 739 g/mol. The number of aryl methyl sites for hydroxylation is 1. The first kappa shape index (κ1) is 36.2. The molecule has 0 unspecified atom stereocenters. The van der Waals surface area contributed by atoms with Crippen LogP contribution in [0.1, 0.15) is 57.6 Å². The van der Waals surface area contributed by atoms with Crippen LogP contribution in [0.15, 0.2) is 73.2 Å². The van der Waals surface area contributed by atoms with Gasteiger partial charge in [-0.25, -0.2) is 28.2 Å². The maximum Gasteiger partial charge on any atom is 0.164 e. The standard InChI is InChI=1S/C42H48F3N7O2/c1-41(2,26-43)51-19-15-42(16-20-51)13-17-50(18-14-42)36-23-37(53-4)33(22-30(36)31-25-49(3)34-11-6-5-8-28(31)34)48-38-24-39(47-27-46-38)52-35(12-21-54-52)29-9-7-10-32(44)40(29)45/h5-11,22-25,27,35H,12-21,26H2,1-4H3,(H,46,47,48)/t35-/m1/s1. The number of nitrogens with one attached hydrogen (secondary N) is 1. The number of likely N-dealkylation sites (tertiary alicyclic amines) is 1. The zero-order chi connectivity index (χ0) is 37.6. The molecule has 0 amide bonds. The third-order valence-corrected chi connectivity index (χ3v) is 12.1. The summed E-state index contributed by atoms with van der Waals surface area (Å²) in [7, 11) is 3.74. The number of hydroxylamine groups is 1. The van der Waals surface area contributed by atoms with E-state index in [1.165, 1.54) is 17.5 Å². The Morgan fingerprint density at radius 3 is 2.46 bits per heavy atom. The Hall–Kier alpha value is -4.81. The molecule has 0 aliphatic carbocycles. The Morgan fingerprint density at radius 2 is 1.70 bits per heavy atom. The van der Waals surface area contributed by atoms with Crippen LogP contribution in [0, 0.1) is 17.0 Å². The minimum atomic E-state index is -0.898. The Labute approximate surface area is 314 Å². The number of benzene rings is 3. The molecule has 3 aromatic carbocycles. The van der Waals surface area contributed by atoms with E-state index >= 15 is 0 Å². The van der Waals surface area contributed by atoms with Gasteiger partial charge in [-0.15, -0.1) is 0 Å². The molecule has 0 radical (unpaired) electrons. The molecule has 5 aromatic rings. The first-order chi connectivity index (χ1) is 26.1. The van der Waals surface area contributed by atoms with Gasteiger partial charge in [-0.2, -0.15) is 0 Å².